The van der Waals surface area contributed by atoms with Crippen LogP contribution in [0.15, 0.2) is 83.5 Å². The molecule has 7 nitrogen and oxygen atoms in total. The predicted octanol–water partition coefficient (Wildman–Crippen LogP) is 4.64. The van der Waals surface area contributed by atoms with Gasteiger partial charge >= 0.3 is 12.1 Å². The minimum Gasteiger partial charge on any atom is -0.463 e. The number of alkyl carbamates (subject to hydrolysis) is 1. The maximum Gasteiger partial charge on any atom is 0.408 e. The Morgan fingerprint density at radius 1 is 0.969 bits per heavy atom. The molecule has 0 aliphatic carbocycles. The van der Waals surface area contributed by atoms with Gasteiger partial charge in [0.2, 0.25) is 0 Å². The van der Waals surface area contributed by atoms with Gasteiger partial charge in [-0.2, -0.15) is 0 Å². The van der Waals surface area contributed by atoms with Crippen LogP contribution in [0.3, 0.4) is 0 Å². The van der Waals surface area contributed by atoms with E-state index in [9.17, 15) is 9.59 Å². The lowest BCUT2D eigenvalue weighted by atomic mass is 10.1. The minimum atomic E-state index is -0.855. The first-order valence-corrected chi connectivity index (χ1v) is 10.3. The van der Waals surface area contributed by atoms with Crippen LogP contribution in [0.5, 0.6) is 0 Å². The Morgan fingerprint density at radius 2 is 1.66 bits per heavy atom. The first kappa shape index (κ1) is 21.2. The van der Waals surface area contributed by atoms with Gasteiger partial charge in [-0.25, -0.2) is 9.59 Å². The van der Waals surface area contributed by atoms with Gasteiger partial charge in [-0.15, -0.1) is 0 Å². The van der Waals surface area contributed by atoms with Crippen LogP contribution in [0.1, 0.15) is 23.7 Å². The van der Waals surface area contributed by atoms with Gasteiger partial charge in [-0.05, 0) is 18.1 Å². The summed E-state index contributed by atoms with van der Waals surface area (Å²) >= 11 is 0. The molecule has 0 bridgehead atoms. The highest BCUT2D eigenvalue weighted by molar-refractivity contribution is 5.81. The molecule has 1 N–H and O–H groups in total. The normalized spacial score (nSPS) is 11.8. The number of nitrogens with one attached hydrogen (secondary N) is 1. The second kappa shape index (κ2) is 9.87. The highest BCUT2D eigenvalue weighted by atomic mass is 16.6. The summed E-state index contributed by atoms with van der Waals surface area (Å²) in [5, 5.41) is 2.50. The Hall–Kier alpha value is -4.00. The van der Waals surface area contributed by atoms with Crippen LogP contribution in [0.25, 0.3) is 11.1 Å². The van der Waals surface area contributed by atoms with E-state index < -0.39 is 18.1 Å². The number of nitrogens with zero attached hydrogens (tertiary/aromatic N) is 1. The summed E-state index contributed by atoms with van der Waals surface area (Å²) in [5.74, 6) is -0.558. The number of amides is 1. The number of rotatable bonds is 8. The molecular weight excluding hydrogens is 408 g/mol. The molecule has 7 heteroatoms. The summed E-state index contributed by atoms with van der Waals surface area (Å²) in [7, 11) is 0. The molecule has 0 fully saturated rings. The molecule has 0 aliphatic heterocycles. The second-order valence-corrected chi connectivity index (χ2v) is 7.42. The Labute approximate surface area is 185 Å². The molecule has 32 heavy (non-hydrogen) atoms. The van der Waals surface area contributed by atoms with Crippen molar-refractivity contribution < 1.29 is 23.5 Å². The monoisotopic (exact) mass is 432 g/mol. The molecule has 0 saturated heterocycles. The fourth-order valence-electron chi connectivity index (χ4n) is 3.39. The lowest BCUT2D eigenvalue weighted by Gasteiger charge is -2.15. The molecular formula is C25H24N2O5. The van der Waals surface area contributed by atoms with Gasteiger partial charge in [0.05, 0.1) is 11.8 Å². The van der Waals surface area contributed by atoms with Gasteiger partial charge in [0.15, 0.2) is 12.3 Å². The maximum atomic E-state index is 12.5. The average molecular weight is 432 g/mol. The number of benzene rings is 2. The topological polar surface area (TPSA) is 82.7 Å². The van der Waals surface area contributed by atoms with E-state index in [1.54, 1.807) is 13.2 Å². The molecule has 1 atom stereocenters. The highest BCUT2D eigenvalue weighted by Gasteiger charge is 2.19. The molecule has 164 valence electrons. The molecule has 2 heterocycles. The van der Waals surface area contributed by atoms with Crippen molar-refractivity contribution in [1.29, 1.82) is 0 Å². The third-order valence-corrected chi connectivity index (χ3v) is 5.07. The SMILES string of the molecule is CC(NC(=O)OCc1ccccc1)C(=O)OCn1c(Cc2ccccc2)cc2occc21. The largest absolute Gasteiger partial charge is 0.463 e. The number of fused-ring (bicyclic) bond motifs is 1. The fourth-order valence-corrected chi connectivity index (χ4v) is 3.39. The van der Waals surface area contributed by atoms with E-state index in [4.69, 9.17) is 13.9 Å². The molecule has 0 saturated carbocycles. The van der Waals surface area contributed by atoms with Crippen molar-refractivity contribution >= 4 is 23.2 Å². The summed E-state index contributed by atoms with van der Waals surface area (Å²) < 4.78 is 18.0. The van der Waals surface area contributed by atoms with Crippen molar-refractivity contribution in [1.82, 2.24) is 9.88 Å². The van der Waals surface area contributed by atoms with Gasteiger partial charge < -0.3 is 23.8 Å². The Bertz CT molecular complexity index is 1180. The van der Waals surface area contributed by atoms with E-state index >= 15 is 0 Å². The maximum absolute atomic E-state index is 12.5. The number of aromatic nitrogens is 1. The number of carbonyl (C=O) groups is 2. The van der Waals surface area contributed by atoms with E-state index in [-0.39, 0.29) is 13.3 Å². The van der Waals surface area contributed by atoms with Crippen molar-refractivity contribution in [2.24, 2.45) is 0 Å². The zero-order valence-corrected chi connectivity index (χ0v) is 17.7. The van der Waals surface area contributed by atoms with Crippen LogP contribution in [0.4, 0.5) is 4.79 Å². The van der Waals surface area contributed by atoms with E-state index in [1.165, 1.54) is 0 Å². The zero-order valence-electron chi connectivity index (χ0n) is 17.7. The van der Waals surface area contributed by atoms with Gasteiger partial charge in [0.25, 0.3) is 0 Å². The molecule has 1 unspecified atom stereocenters. The van der Waals surface area contributed by atoms with Gasteiger partial charge in [-0.1, -0.05) is 60.7 Å². The van der Waals surface area contributed by atoms with Crippen molar-refractivity contribution in [3.63, 3.8) is 0 Å². The third-order valence-electron chi connectivity index (χ3n) is 5.07. The molecule has 4 aromatic rings. The van der Waals surface area contributed by atoms with Crippen molar-refractivity contribution in [2.45, 2.75) is 32.7 Å². The summed E-state index contributed by atoms with van der Waals surface area (Å²) in [6, 6.07) is 22.2. The molecule has 0 aliphatic rings. The fraction of sp³-hybridized carbons (Fsp3) is 0.200. The second-order valence-electron chi connectivity index (χ2n) is 7.42. The lowest BCUT2D eigenvalue weighted by molar-refractivity contribution is -0.149. The van der Waals surface area contributed by atoms with Crippen molar-refractivity contribution in [2.75, 3.05) is 0 Å². The molecule has 0 radical (unpaired) electrons. The van der Waals surface area contributed by atoms with Crippen LogP contribution in [-0.4, -0.2) is 22.7 Å². The van der Waals surface area contributed by atoms with E-state index in [0.717, 1.165) is 27.9 Å². The Morgan fingerprint density at radius 3 is 2.38 bits per heavy atom. The summed E-state index contributed by atoms with van der Waals surface area (Å²) in [6.45, 7) is 1.69. The Kier molecular flexibility index (Phi) is 6.55. The average Bonchev–Trinajstić information content (AvgIpc) is 3.39. The van der Waals surface area contributed by atoms with E-state index in [1.807, 2.05) is 77.4 Å². The first-order valence-electron chi connectivity index (χ1n) is 10.3. The number of furan rings is 1. The van der Waals surface area contributed by atoms with Crippen molar-refractivity contribution in [3.8, 4) is 0 Å². The summed E-state index contributed by atoms with van der Waals surface area (Å²) in [6.07, 6.45) is 1.59. The minimum absolute atomic E-state index is 0.00904. The molecule has 0 spiro atoms. The van der Waals surface area contributed by atoms with Gasteiger partial charge in [0.1, 0.15) is 12.6 Å². The van der Waals surface area contributed by atoms with Crippen molar-refractivity contribution in [3.05, 3.63) is 95.9 Å². The van der Waals surface area contributed by atoms with E-state index in [0.29, 0.717) is 6.42 Å². The molecule has 2 aromatic carbocycles. The lowest BCUT2D eigenvalue weighted by Crippen LogP contribution is -2.40. The molecule has 4 rings (SSSR count). The van der Waals surface area contributed by atoms with Crippen LogP contribution in [0.2, 0.25) is 0 Å². The first-order chi connectivity index (χ1) is 15.6. The zero-order chi connectivity index (χ0) is 22.3. The molecule has 2 aromatic heterocycles. The quantitative estimate of drug-likeness (QED) is 0.410. The van der Waals surface area contributed by atoms with Crippen LogP contribution in [-0.2, 0) is 34.0 Å². The summed E-state index contributed by atoms with van der Waals surface area (Å²) in [5.41, 5.74) is 4.52. The van der Waals surface area contributed by atoms with Gasteiger partial charge in [-0.3, -0.25) is 0 Å². The smallest absolute Gasteiger partial charge is 0.408 e. The van der Waals surface area contributed by atoms with Crippen LogP contribution < -0.4 is 5.32 Å². The number of esters is 1. The van der Waals surface area contributed by atoms with Gasteiger partial charge in [0, 0.05) is 24.2 Å². The standard InChI is InChI=1S/C25H24N2O5/c1-18(26-25(29)31-16-20-10-6-3-7-11-20)24(28)32-17-27-21(14-19-8-4-2-5-9-19)15-23-22(27)12-13-30-23/h2-13,15,18H,14,16-17H2,1H3,(H,26,29). The van der Waals surface area contributed by atoms with E-state index in [2.05, 4.69) is 5.32 Å². The van der Waals surface area contributed by atoms with Crippen LogP contribution in [0, 0.1) is 0 Å². The molecule has 1 amide bonds. The predicted molar refractivity (Wildman–Crippen MR) is 119 cm³/mol. The number of ether oxygens (including phenoxy) is 2. The number of hydrogen-bond donors (Lipinski definition) is 1. The number of hydrogen-bond acceptors (Lipinski definition) is 5. The number of carbonyl (C=O) groups excluding carboxylic acids is 2. The highest BCUT2D eigenvalue weighted by Crippen LogP contribution is 2.23. The van der Waals surface area contributed by atoms with Crippen LogP contribution >= 0.6 is 0 Å². The third kappa shape index (κ3) is 5.18. The Balaban J connectivity index is 1.34. The summed E-state index contributed by atoms with van der Waals surface area (Å²) in [4.78, 5) is 24.5.